The maximum absolute atomic E-state index is 13.9. The van der Waals surface area contributed by atoms with Gasteiger partial charge in [0, 0.05) is 25.3 Å². The molecule has 0 amide bonds. The highest BCUT2D eigenvalue weighted by Gasteiger charge is 2.18. The van der Waals surface area contributed by atoms with E-state index in [0.29, 0.717) is 12.6 Å². The number of carbonyl (C=O) groups is 1. The molecule has 21 heavy (non-hydrogen) atoms. The fourth-order valence-electron chi connectivity index (χ4n) is 2.71. The van der Waals surface area contributed by atoms with Gasteiger partial charge in [0.05, 0.1) is 0 Å². The Hall–Kier alpha value is -1.69. The van der Waals surface area contributed by atoms with Gasteiger partial charge in [0.1, 0.15) is 5.56 Å². The van der Waals surface area contributed by atoms with Crippen LogP contribution >= 0.6 is 0 Å². The van der Waals surface area contributed by atoms with Crippen LogP contribution in [0, 0.1) is 5.82 Å². The van der Waals surface area contributed by atoms with E-state index >= 15 is 0 Å². The largest absolute Gasteiger partial charge is 0.478 e. The number of carboxylic acid groups (broad SMARTS) is 1. The van der Waals surface area contributed by atoms with Gasteiger partial charge in [0.15, 0.2) is 11.6 Å². The predicted molar refractivity (Wildman–Crippen MR) is 79.1 cm³/mol. The molecule has 1 aromatic heterocycles. The van der Waals surface area contributed by atoms with Gasteiger partial charge < -0.3 is 15.3 Å². The van der Waals surface area contributed by atoms with Crippen molar-refractivity contribution in [3.63, 3.8) is 0 Å². The smallest absolute Gasteiger partial charge is 0.338 e. The van der Waals surface area contributed by atoms with Crippen molar-refractivity contribution in [2.45, 2.75) is 38.6 Å². The lowest BCUT2D eigenvalue weighted by Gasteiger charge is -2.33. The van der Waals surface area contributed by atoms with Crippen molar-refractivity contribution in [3.05, 3.63) is 23.6 Å². The van der Waals surface area contributed by atoms with Gasteiger partial charge in [-0.05, 0) is 38.8 Å². The molecule has 0 aliphatic carbocycles. The topological polar surface area (TPSA) is 65.5 Å². The van der Waals surface area contributed by atoms with Crippen LogP contribution in [0.2, 0.25) is 0 Å². The standard InChI is InChI=1S/C15H22FN3O2/c1-11-5-2-3-9-19(11)10-4-7-17-14-13(16)12(15(20)21)6-8-18-14/h6,8,11H,2-5,7,9-10H2,1H3,(H,17,18)(H,20,21). The number of halogens is 1. The Kier molecular flexibility index (Phi) is 5.50. The van der Waals surface area contributed by atoms with Crippen molar-refractivity contribution < 1.29 is 14.3 Å². The number of rotatable bonds is 6. The number of aromatic carboxylic acids is 1. The lowest BCUT2D eigenvalue weighted by Crippen LogP contribution is -2.38. The van der Waals surface area contributed by atoms with Crippen LogP contribution < -0.4 is 5.32 Å². The first-order valence-corrected chi connectivity index (χ1v) is 7.45. The lowest BCUT2D eigenvalue weighted by molar-refractivity contribution is 0.0692. The molecule has 0 radical (unpaired) electrons. The minimum Gasteiger partial charge on any atom is -0.478 e. The summed E-state index contributed by atoms with van der Waals surface area (Å²) in [6.07, 6.45) is 5.97. The van der Waals surface area contributed by atoms with E-state index in [2.05, 4.69) is 22.1 Å². The molecule has 1 atom stereocenters. The maximum atomic E-state index is 13.9. The molecule has 2 rings (SSSR count). The second-order valence-corrected chi connectivity index (χ2v) is 5.49. The molecular weight excluding hydrogens is 273 g/mol. The summed E-state index contributed by atoms with van der Waals surface area (Å²) >= 11 is 0. The Morgan fingerprint density at radius 2 is 2.38 bits per heavy atom. The van der Waals surface area contributed by atoms with Gasteiger partial charge in [-0.2, -0.15) is 0 Å². The first-order chi connectivity index (χ1) is 10.1. The van der Waals surface area contributed by atoms with E-state index in [4.69, 9.17) is 5.11 Å². The van der Waals surface area contributed by atoms with Crippen LogP contribution in [-0.2, 0) is 0 Å². The average Bonchev–Trinajstić information content (AvgIpc) is 2.46. The second kappa shape index (κ2) is 7.36. The van der Waals surface area contributed by atoms with Crippen LogP contribution in [0.3, 0.4) is 0 Å². The van der Waals surface area contributed by atoms with Crippen molar-refractivity contribution in [1.82, 2.24) is 9.88 Å². The number of carboxylic acids is 1. The molecule has 1 fully saturated rings. The summed E-state index contributed by atoms with van der Waals surface area (Å²) in [5.74, 6) is -2.06. The third kappa shape index (κ3) is 4.14. The van der Waals surface area contributed by atoms with Crippen molar-refractivity contribution in [2.24, 2.45) is 0 Å². The van der Waals surface area contributed by atoms with Crippen LogP contribution in [-0.4, -0.2) is 46.6 Å². The zero-order valence-corrected chi connectivity index (χ0v) is 12.3. The van der Waals surface area contributed by atoms with Crippen LogP contribution in [0.25, 0.3) is 0 Å². The zero-order chi connectivity index (χ0) is 15.2. The number of aromatic nitrogens is 1. The second-order valence-electron chi connectivity index (χ2n) is 5.49. The van der Waals surface area contributed by atoms with Gasteiger partial charge in [-0.1, -0.05) is 6.42 Å². The Balaban J connectivity index is 1.81. The Labute approximate surface area is 124 Å². The Morgan fingerprint density at radius 1 is 1.57 bits per heavy atom. The molecule has 6 heteroatoms. The number of hydrogen-bond donors (Lipinski definition) is 2. The summed E-state index contributed by atoms with van der Waals surface area (Å²) in [6, 6.07) is 1.78. The van der Waals surface area contributed by atoms with Crippen LogP contribution in [0.4, 0.5) is 10.2 Å². The van der Waals surface area contributed by atoms with E-state index in [9.17, 15) is 9.18 Å². The van der Waals surface area contributed by atoms with Crippen LogP contribution in [0.15, 0.2) is 12.3 Å². The molecule has 1 aromatic rings. The van der Waals surface area contributed by atoms with Gasteiger partial charge in [-0.15, -0.1) is 0 Å². The predicted octanol–water partition coefficient (Wildman–Crippen LogP) is 2.60. The molecule has 0 spiro atoms. The first-order valence-electron chi connectivity index (χ1n) is 7.45. The highest BCUT2D eigenvalue weighted by Crippen LogP contribution is 2.17. The molecule has 116 valence electrons. The maximum Gasteiger partial charge on any atom is 0.338 e. The molecule has 0 saturated carbocycles. The van der Waals surface area contributed by atoms with E-state index in [-0.39, 0.29) is 11.4 Å². The van der Waals surface area contributed by atoms with E-state index < -0.39 is 11.8 Å². The summed E-state index contributed by atoms with van der Waals surface area (Å²) in [5, 5.41) is 11.7. The fraction of sp³-hybridized carbons (Fsp3) is 0.600. The molecule has 1 saturated heterocycles. The quantitative estimate of drug-likeness (QED) is 0.790. The summed E-state index contributed by atoms with van der Waals surface area (Å²) < 4.78 is 13.9. The van der Waals surface area contributed by atoms with Crippen molar-refractivity contribution in [2.75, 3.05) is 25.0 Å². The van der Waals surface area contributed by atoms with Gasteiger partial charge in [0.2, 0.25) is 0 Å². The number of piperidine rings is 1. The van der Waals surface area contributed by atoms with E-state index in [1.807, 2.05) is 0 Å². The first kappa shape index (κ1) is 15.7. The van der Waals surface area contributed by atoms with E-state index in [1.54, 1.807) is 0 Å². The Bertz CT molecular complexity index is 496. The lowest BCUT2D eigenvalue weighted by atomic mass is 10.0. The van der Waals surface area contributed by atoms with Gasteiger partial charge >= 0.3 is 5.97 Å². The molecule has 2 heterocycles. The highest BCUT2D eigenvalue weighted by molar-refractivity contribution is 5.88. The summed E-state index contributed by atoms with van der Waals surface area (Å²) in [5.41, 5.74) is -0.350. The SMILES string of the molecule is CC1CCCCN1CCCNc1nccc(C(=O)O)c1F. The summed E-state index contributed by atoms with van der Waals surface area (Å²) in [7, 11) is 0. The summed E-state index contributed by atoms with van der Waals surface area (Å²) in [6.45, 7) is 4.91. The number of likely N-dealkylation sites (tertiary alicyclic amines) is 1. The fourth-order valence-corrected chi connectivity index (χ4v) is 2.71. The number of nitrogens with one attached hydrogen (secondary N) is 1. The van der Waals surface area contributed by atoms with Crippen molar-refractivity contribution >= 4 is 11.8 Å². The molecule has 0 aromatic carbocycles. The highest BCUT2D eigenvalue weighted by atomic mass is 19.1. The summed E-state index contributed by atoms with van der Waals surface area (Å²) in [4.78, 5) is 17.1. The molecule has 5 nitrogen and oxygen atoms in total. The van der Waals surface area contributed by atoms with Gasteiger partial charge in [-0.3, -0.25) is 0 Å². The number of nitrogens with zero attached hydrogens (tertiary/aromatic N) is 2. The minimum atomic E-state index is -1.28. The molecule has 1 aliphatic heterocycles. The monoisotopic (exact) mass is 295 g/mol. The van der Waals surface area contributed by atoms with Gasteiger partial charge in [-0.25, -0.2) is 14.2 Å². The number of hydrogen-bond acceptors (Lipinski definition) is 4. The average molecular weight is 295 g/mol. The molecule has 1 aliphatic rings. The molecule has 0 bridgehead atoms. The minimum absolute atomic E-state index is 0.0154. The molecule has 2 N–H and O–H groups in total. The third-order valence-corrected chi connectivity index (χ3v) is 3.97. The number of pyridine rings is 1. The van der Waals surface area contributed by atoms with Crippen molar-refractivity contribution in [3.8, 4) is 0 Å². The molecular formula is C15H22FN3O2. The van der Waals surface area contributed by atoms with E-state index in [1.165, 1.54) is 25.5 Å². The normalized spacial score (nSPS) is 19.4. The van der Waals surface area contributed by atoms with Crippen molar-refractivity contribution in [1.29, 1.82) is 0 Å². The number of anilines is 1. The third-order valence-electron chi connectivity index (χ3n) is 3.97. The molecule has 1 unspecified atom stereocenters. The van der Waals surface area contributed by atoms with Crippen LogP contribution in [0.1, 0.15) is 43.0 Å². The van der Waals surface area contributed by atoms with Crippen LogP contribution in [0.5, 0.6) is 0 Å². The van der Waals surface area contributed by atoms with Gasteiger partial charge in [0.25, 0.3) is 0 Å². The zero-order valence-electron chi connectivity index (χ0n) is 12.3. The van der Waals surface area contributed by atoms with E-state index in [0.717, 1.165) is 25.6 Å². The Morgan fingerprint density at radius 3 is 3.10 bits per heavy atom.